The molecule has 56 heavy (non-hydrogen) atoms. The van der Waals surface area contributed by atoms with Gasteiger partial charge in [-0.05, 0) is 62.4 Å². The number of phenolic OH excluding ortho intramolecular Hbond substituents is 1. The highest BCUT2D eigenvalue weighted by Gasteiger charge is 2.61. The van der Waals surface area contributed by atoms with Crippen molar-refractivity contribution in [2.75, 3.05) is 14.2 Å². The Bertz CT molecular complexity index is 1700. The Morgan fingerprint density at radius 1 is 1.04 bits per heavy atom. The number of amides is 3. The number of likely N-dealkylation sites (N-methyl/N-ethyl adjacent to an activating group) is 1. The maximum Gasteiger partial charge on any atom is 0.332 e. The maximum absolute atomic E-state index is 14.3. The second-order valence-electron chi connectivity index (χ2n) is 15.5. The second-order valence-corrected chi connectivity index (χ2v) is 15.5. The van der Waals surface area contributed by atoms with Gasteiger partial charge in [-0.15, -0.1) is 6.58 Å². The van der Waals surface area contributed by atoms with Gasteiger partial charge in [0.1, 0.15) is 23.9 Å². The first-order valence-corrected chi connectivity index (χ1v) is 19.1. The van der Waals surface area contributed by atoms with Crippen LogP contribution in [0.4, 0.5) is 0 Å². The number of phenols is 1. The van der Waals surface area contributed by atoms with Crippen LogP contribution in [0.2, 0.25) is 0 Å². The molecule has 9 atom stereocenters. The van der Waals surface area contributed by atoms with Crippen molar-refractivity contribution >= 4 is 23.7 Å². The first-order valence-electron chi connectivity index (χ1n) is 19.1. The van der Waals surface area contributed by atoms with Gasteiger partial charge in [0.15, 0.2) is 11.6 Å². The van der Waals surface area contributed by atoms with Gasteiger partial charge >= 0.3 is 5.97 Å². The summed E-state index contributed by atoms with van der Waals surface area (Å²) in [6, 6.07) is 11.4. The van der Waals surface area contributed by atoms with E-state index in [1.54, 1.807) is 45.4 Å². The average molecular weight is 776 g/mol. The largest absolute Gasteiger partial charge is 0.508 e. The number of aromatic hydroxyl groups is 1. The fourth-order valence-corrected chi connectivity index (χ4v) is 6.73. The molecular weight excluding hydrogens is 714 g/mol. The summed E-state index contributed by atoms with van der Waals surface area (Å²) in [6.45, 7) is 19.5. The van der Waals surface area contributed by atoms with Gasteiger partial charge in [-0.25, -0.2) is 4.79 Å². The molecule has 1 aliphatic heterocycles. The van der Waals surface area contributed by atoms with E-state index >= 15 is 0 Å². The number of carbonyl (C=O) groups is 4. The molecule has 1 heterocycles. The summed E-state index contributed by atoms with van der Waals surface area (Å²) >= 11 is 0. The van der Waals surface area contributed by atoms with Gasteiger partial charge in [-0.3, -0.25) is 14.4 Å². The lowest BCUT2D eigenvalue weighted by molar-refractivity contribution is -0.162. The number of nitrogens with one attached hydrogen (secondary N) is 2. The standard InChI is InChI=1S/C44H61N3O9/c1-12-18-29(6)34(54-11)26-35-44(9,56-35)42(52)47(10)36(27(4)13-2)40(50)45-33(25-30-21-23-32(48)24-22-30)39(49)46-38(43(7,8)53)41(51)55-37(28(5)14-3)31-19-16-15-17-20-31/h12,14-24,27-28,33-38,48,53H,1,3,13,25-26H2,2,4-11H3,(H,45,50)(H,46,49)/b29-18+/t27-,28?,33?,34?,35-,36-,37?,38-,44+/m0/s1. The molecule has 0 spiro atoms. The number of allylic oxidation sites excluding steroid dienone is 2. The molecular formula is C44H61N3O9. The SMILES string of the molecule is C=C/C=C(\C)C(C[C@@H]1O[C@@]1(C)C(=O)N(C)[C@H](C(=O)NC(Cc1ccc(O)cc1)C(=O)N[C@@H](C(=O)OC(c1ccccc1)C(C)C=C)C(C)(C)O)[C@@H](C)CC)OC. The first kappa shape index (κ1) is 45.6. The number of hydrogen-bond donors (Lipinski definition) is 4. The molecule has 0 bridgehead atoms. The smallest absolute Gasteiger partial charge is 0.332 e. The van der Waals surface area contributed by atoms with Crippen LogP contribution in [0.5, 0.6) is 5.75 Å². The molecule has 0 radical (unpaired) electrons. The highest BCUT2D eigenvalue weighted by molar-refractivity contribution is 5.96. The summed E-state index contributed by atoms with van der Waals surface area (Å²) in [7, 11) is 3.13. The van der Waals surface area contributed by atoms with E-state index in [0.29, 0.717) is 24.0 Å². The van der Waals surface area contributed by atoms with Gasteiger partial charge < -0.3 is 40.0 Å². The van der Waals surface area contributed by atoms with Gasteiger partial charge in [0.05, 0.1) is 17.8 Å². The Hall–Kier alpha value is -4.78. The summed E-state index contributed by atoms with van der Waals surface area (Å²) in [5.41, 5.74) is -0.762. The van der Waals surface area contributed by atoms with Crippen LogP contribution in [0.3, 0.4) is 0 Å². The quantitative estimate of drug-likeness (QED) is 0.0566. The zero-order valence-electron chi connectivity index (χ0n) is 34.3. The Morgan fingerprint density at radius 2 is 1.66 bits per heavy atom. The van der Waals surface area contributed by atoms with E-state index in [-0.39, 0.29) is 30.1 Å². The van der Waals surface area contributed by atoms with Crippen LogP contribution >= 0.6 is 0 Å². The minimum absolute atomic E-state index is 0.0140. The molecule has 12 heteroatoms. The van der Waals surface area contributed by atoms with Gasteiger partial charge in [0, 0.05) is 32.9 Å². The minimum Gasteiger partial charge on any atom is -0.508 e. The minimum atomic E-state index is -1.79. The van der Waals surface area contributed by atoms with Crippen molar-refractivity contribution in [3.8, 4) is 5.75 Å². The Morgan fingerprint density at radius 3 is 2.20 bits per heavy atom. The number of esters is 1. The molecule has 3 rings (SSSR count). The van der Waals surface area contributed by atoms with Crippen molar-refractivity contribution in [1.82, 2.24) is 15.5 Å². The van der Waals surface area contributed by atoms with E-state index in [1.807, 2.05) is 64.1 Å². The van der Waals surface area contributed by atoms with E-state index < -0.39 is 65.2 Å². The van der Waals surface area contributed by atoms with Gasteiger partial charge in [0.25, 0.3) is 5.91 Å². The number of benzene rings is 2. The number of nitrogens with zero attached hydrogens (tertiary/aromatic N) is 1. The van der Waals surface area contributed by atoms with E-state index in [4.69, 9.17) is 14.2 Å². The number of aliphatic hydroxyl groups is 1. The summed E-state index contributed by atoms with van der Waals surface area (Å²) in [5, 5.41) is 26.6. The highest BCUT2D eigenvalue weighted by Crippen LogP contribution is 2.42. The van der Waals surface area contributed by atoms with Crippen molar-refractivity contribution in [1.29, 1.82) is 0 Å². The van der Waals surface area contributed by atoms with E-state index in [0.717, 1.165) is 5.57 Å². The Labute approximate surface area is 332 Å². The van der Waals surface area contributed by atoms with Crippen LogP contribution in [-0.2, 0) is 39.8 Å². The molecule has 2 aromatic carbocycles. The molecule has 4 unspecified atom stereocenters. The third-order valence-corrected chi connectivity index (χ3v) is 10.6. The summed E-state index contributed by atoms with van der Waals surface area (Å²) in [5.74, 6) is -3.28. The third kappa shape index (κ3) is 11.6. The predicted octanol–water partition coefficient (Wildman–Crippen LogP) is 5.35. The number of ether oxygens (including phenoxy) is 3. The van der Waals surface area contributed by atoms with Crippen LogP contribution in [0.25, 0.3) is 0 Å². The van der Waals surface area contributed by atoms with Gasteiger partial charge in [-0.1, -0.05) is 94.5 Å². The summed E-state index contributed by atoms with van der Waals surface area (Å²) < 4.78 is 17.5. The molecule has 4 N–H and O–H groups in total. The van der Waals surface area contributed by atoms with Crippen molar-refractivity contribution in [3.05, 3.63) is 103 Å². The fourth-order valence-electron chi connectivity index (χ4n) is 6.73. The molecule has 1 fully saturated rings. The molecule has 3 amide bonds. The third-order valence-electron chi connectivity index (χ3n) is 10.6. The zero-order chi connectivity index (χ0) is 42.0. The van der Waals surface area contributed by atoms with Gasteiger partial charge in [-0.2, -0.15) is 0 Å². The Kier molecular flexibility index (Phi) is 16.2. The van der Waals surface area contributed by atoms with Crippen LogP contribution in [-0.4, -0.2) is 94.5 Å². The molecule has 0 aliphatic carbocycles. The molecule has 0 aromatic heterocycles. The number of epoxide rings is 1. The van der Waals surface area contributed by atoms with Crippen LogP contribution in [0.1, 0.15) is 78.5 Å². The zero-order valence-corrected chi connectivity index (χ0v) is 34.3. The van der Waals surface area contributed by atoms with Gasteiger partial charge in [0.2, 0.25) is 11.8 Å². The Balaban J connectivity index is 1.91. The fraction of sp³-hybridized carbons (Fsp3) is 0.500. The topological polar surface area (TPSA) is 167 Å². The van der Waals surface area contributed by atoms with Crippen LogP contribution in [0.15, 0.2) is 91.6 Å². The molecule has 306 valence electrons. The molecule has 0 saturated carbocycles. The molecule has 1 aliphatic rings. The normalized spacial score (nSPS) is 20.5. The second kappa shape index (κ2) is 19.9. The van der Waals surface area contributed by atoms with Crippen molar-refractivity contribution < 1.29 is 43.6 Å². The van der Waals surface area contributed by atoms with Crippen LogP contribution in [0, 0.1) is 11.8 Å². The van der Waals surface area contributed by atoms with E-state index in [2.05, 4.69) is 23.8 Å². The lowest BCUT2D eigenvalue weighted by Crippen LogP contribution is -2.61. The van der Waals surface area contributed by atoms with Crippen molar-refractivity contribution in [3.63, 3.8) is 0 Å². The summed E-state index contributed by atoms with van der Waals surface area (Å²) in [6.07, 6.45) is 4.54. The van der Waals surface area contributed by atoms with E-state index in [1.165, 1.54) is 30.9 Å². The number of methoxy groups -OCH3 is 1. The monoisotopic (exact) mass is 775 g/mol. The molecule has 12 nitrogen and oxygen atoms in total. The number of rotatable bonds is 21. The van der Waals surface area contributed by atoms with Crippen LogP contribution < -0.4 is 10.6 Å². The lowest BCUT2D eigenvalue weighted by Gasteiger charge is -2.35. The lowest BCUT2D eigenvalue weighted by atomic mass is 9.93. The first-order chi connectivity index (χ1) is 26.3. The predicted molar refractivity (Wildman–Crippen MR) is 215 cm³/mol. The number of carbonyl (C=O) groups excluding carboxylic acids is 4. The number of hydrogen-bond acceptors (Lipinski definition) is 9. The average Bonchev–Trinajstić information content (AvgIpc) is 3.84. The summed E-state index contributed by atoms with van der Waals surface area (Å²) in [4.78, 5) is 57.8. The van der Waals surface area contributed by atoms with Crippen molar-refractivity contribution in [2.45, 2.75) is 115 Å². The maximum atomic E-state index is 14.3. The van der Waals surface area contributed by atoms with E-state index in [9.17, 15) is 29.4 Å². The molecule has 2 aromatic rings. The highest BCUT2D eigenvalue weighted by atomic mass is 16.6. The molecule has 1 saturated heterocycles. The van der Waals surface area contributed by atoms with Crippen molar-refractivity contribution in [2.24, 2.45) is 11.8 Å².